The Morgan fingerprint density at radius 2 is 1.02 bits per heavy atom. The van der Waals surface area contributed by atoms with E-state index in [1.165, 1.54) is 69.9 Å². The molecular weight excluding hydrogens is 567 g/mol. The van der Waals surface area contributed by atoms with Gasteiger partial charge >= 0.3 is 0 Å². The topological polar surface area (TPSA) is 18.1 Å². The summed E-state index contributed by atoms with van der Waals surface area (Å²) in [5, 5.41) is 7.54. The van der Waals surface area contributed by atoms with Gasteiger partial charge in [0, 0.05) is 42.7 Å². The van der Waals surface area contributed by atoms with Crippen molar-refractivity contribution in [2.45, 2.75) is 0 Å². The molecule has 0 amide bonds. The minimum absolute atomic E-state index is 0.924. The summed E-state index contributed by atoms with van der Waals surface area (Å²) >= 11 is 1.89. The summed E-state index contributed by atoms with van der Waals surface area (Å²) in [7, 11) is 0. The Labute approximate surface area is 263 Å². The molecule has 10 rings (SSSR count). The summed E-state index contributed by atoms with van der Waals surface area (Å²) in [6.45, 7) is 0. The van der Waals surface area contributed by atoms with Crippen LogP contribution >= 0.6 is 11.3 Å². The van der Waals surface area contributed by atoms with Gasteiger partial charge in [0.1, 0.15) is 11.2 Å². The van der Waals surface area contributed by atoms with Crippen LogP contribution in [0.25, 0.3) is 91.9 Å². The van der Waals surface area contributed by atoms with Gasteiger partial charge in [-0.15, -0.1) is 11.3 Å². The number of nitrogens with zero attached hydrogens (tertiary/aromatic N) is 1. The molecule has 0 radical (unpaired) electrons. The van der Waals surface area contributed by atoms with Gasteiger partial charge in [-0.25, -0.2) is 0 Å². The second-order valence-corrected chi connectivity index (χ2v) is 12.8. The van der Waals surface area contributed by atoms with E-state index in [1.807, 2.05) is 23.5 Å². The maximum absolute atomic E-state index is 6.04. The molecular formula is C42H25NOS. The molecule has 2 nitrogen and oxygen atoms in total. The fourth-order valence-electron chi connectivity index (χ4n) is 7.06. The Balaban J connectivity index is 1.06. The van der Waals surface area contributed by atoms with E-state index in [-0.39, 0.29) is 0 Å². The molecule has 3 heterocycles. The highest BCUT2D eigenvalue weighted by Gasteiger charge is 2.17. The monoisotopic (exact) mass is 591 g/mol. The molecule has 0 spiro atoms. The van der Waals surface area contributed by atoms with E-state index in [4.69, 9.17) is 4.42 Å². The summed E-state index contributed by atoms with van der Waals surface area (Å²) in [6.07, 6.45) is 0. The van der Waals surface area contributed by atoms with Crippen LogP contribution in [0.1, 0.15) is 0 Å². The number of hydrogen-bond donors (Lipinski definition) is 0. The van der Waals surface area contributed by atoms with Crippen molar-refractivity contribution in [1.29, 1.82) is 0 Å². The third kappa shape index (κ3) is 3.68. The molecule has 210 valence electrons. The quantitative estimate of drug-likeness (QED) is 0.200. The van der Waals surface area contributed by atoms with Gasteiger partial charge in [0.05, 0.1) is 15.7 Å². The van der Waals surface area contributed by atoms with Crippen molar-refractivity contribution >= 4 is 75.3 Å². The fraction of sp³-hybridized carbons (Fsp3) is 0. The van der Waals surface area contributed by atoms with Crippen LogP contribution in [0.3, 0.4) is 0 Å². The standard InChI is InChI=1S/C42H25NOS/c1-4-10-37-31(7-1)34-22-23-35-33-9-3-6-12-40(33)45-42(35)41(34)43(37)30-20-17-27(18-21-30)26-13-15-28(16-14-26)29-19-24-39-36(25-29)32-8-2-5-11-38(32)44-39/h1-25H. The van der Waals surface area contributed by atoms with Crippen LogP contribution < -0.4 is 0 Å². The first-order valence-electron chi connectivity index (χ1n) is 15.3. The molecule has 0 saturated carbocycles. The number of thiophene rings is 1. The number of furan rings is 1. The summed E-state index contributed by atoms with van der Waals surface area (Å²) in [5.41, 5.74) is 10.3. The van der Waals surface area contributed by atoms with Gasteiger partial charge in [-0.05, 0) is 64.7 Å². The largest absolute Gasteiger partial charge is 0.456 e. The van der Waals surface area contributed by atoms with E-state index in [1.54, 1.807) is 0 Å². The molecule has 45 heavy (non-hydrogen) atoms. The molecule has 0 unspecified atom stereocenters. The van der Waals surface area contributed by atoms with Gasteiger partial charge in [0.25, 0.3) is 0 Å². The number of hydrogen-bond acceptors (Lipinski definition) is 2. The predicted molar refractivity (Wildman–Crippen MR) is 192 cm³/mol. The van der Waals surface area contributed by atoms with Crippen molar-refractivity contribution < 1.29 is 4.42 Å². The second kappa shape index (κ2) is 9.43. The molecule has 0 bridgehead atoms. The van der Waals surface area contributed by atoms with E-state index < -0.39 is 0 Å². The van der Waals surface area contributed by atoms with Crippen LogP contribution in [0.5, 0.6) is 0 Å². The van der Waals surface area contributed by atoms with Gasteiger partial charge in [0.15, 0.2) is 0 Å². The Hall–Kier alpha value is -5.64. The van der Waals surface area contributed by atoms with Crippen molar-refractivity contribution in [2.24, 2.45) is 0 Å². The SMILES string of the molecule is c1ccc2c(c1)oc1ccc(-c3ccc(-c4ccc(-n5c6ccccc6c6ccc7c8ccccc8sc7c65)cc4)cc3)cc12. The fourth-order valence-corrected chi connectivity index (χ4v) is 8.30. The molecule has 3 aromatic heterocycles. The van der Waals surface area contributed by atoms with Crippen LogP contribution in [0.15, 0.2) is 156 Å². The Bertz CT molecular complexity index is 2740. The molecule has 0 saturated heterocycles. The zero-order valence-electron chi connectivity index (χ0n) is 24.2. The van der Waals surface area contributed by atoms with Crippen molar-refractivity contribution in [3.05, 3.63) is 152 Å². The first kappa shape index (κ1) is 24.8. The summed E-state index contributed by atoms with van der Waals surface area (Å²) in [6, 6.07) is 54.7. The highest BCUT2D eigenvalue weighted by Crippen LogP contribution is 2.43. The van der Waals surface area contributed by atoms with Crippen LogP contribution in [0.2, 0.25) is 0 Å². The van der Waals surface area contributed by atoms with Gasteiger partial charge in [-0.2, -0.15) is 0 Å². The van der Waals surface area contributed by atoms with Crippen molar-refractivity contribution in [3.63, 3.8) is 0 Å². The number of aromatic nitrogens is 1. The molecule has 7 aromatic carbocycles. The molecule has 0 aliphatic rings. The van der Waals surface area contributed by atoms with E-state index >= 15 is 0 Å². The van der Waals surface area contributed by atoms with E-state index in [2.05, 4.69) is 144 Å². The van der Waals surface area contributed by atoms with E-state index in [0.29, 0.717) is 0 Å². The average molecular weight is 592 g/mol. The lowest BCUT2D eigenvalue weighted by molar-refractivity contribution is 0.669. The lowest BCUT2D eigenvalue weighted by Crippen LogP contribution is -1.94. The van der Waals surface area contributed by atoms with Crippen LogP contribution in [0, 0.1) is 0 Å². The number of fused-ring (bicyclic) bond motifs is 10. The molecule has 0 N–H and O–H groups in total. The smallest absolute Gasteiger partial charge is 0.135 e. The van der Waals surface area contributed by atoms with Crippen molar-refractivity contribution in [1.82, 2.24) is 4.57 Å². The minimum Gasteiger partial charge on any atom is -0.456 e. The number of benzene rings is 7. The lowest BCUT2D eigenvalue weighted by Gasteiger charge is -2.10. The molecule has 0 atom stereocenters. The first-order valence-corrected chi connectivity index (χ1v) is 16.1. The number of para-hydroxylation sites is 2. The molecule has 3 heteroatoms. The second-order valence-electron chi connectivity index (χ2n) is 11.7. The van der Waals surface area contributed by atoms with E-state index in [0.717, 1.165) is 21.9 Å². The highest BCUT2D eigenvalue weighted by molar-refractivity contribution is 7.26. The first-order chi connectivity index (χ1) is 22.3. The van der Waals surface area contributed by atoms with Gasteiger partial charge < -0.3 is 8.98 Å². The summed E-state index contributed by atoms with van der Waals surface area (Å²) < 4.78 is 11.2. The van der Waals surface area contributed by atoms with Gasteiger partial charge in [-0.1, -0.05) is 109 Å². The van der Waals surface area contributed by atoms with Crippen molar-refractivity contribution in [3.8, 4) is 27.9 Å². The summed E-state index contributed by atoms with van der Waals surface area (Å²) in [5.74, 6) is 0. The minimum atomic E-state index is 0.924. The van der Waals surface area contributed by atoms with E-state index in [9.17, 15) is 0 Å². The third-order valence-corrected chi connectivity index (χ3v) is 10.4. The predicted octanol–water partition coefficient (Wildman–Crippen LogP) is 12.4. The van der Waals surface area contributed by atoms with Crippen LogP contribution in [0.4, 0.5) is 0 Å². The lowest BCUT2D eigenvalue weighted by atomic mass is 9.99. The van der Waals surface area contributed by atoms with Gasteiger partial charge in [0.2, 0.25) is 0 Å². The Morgan fingerprint density at radius 1 is 0.422 bits per heavy atom. The normalized spacial score (nSPS) is 12.0. The molecule has 0 aliphatic heterocycles. The Kier molecular flexibility index (Phi) is 5.19. The zero-order chi connectivity index (χ0) is 29.5. The number of rotatable bonds is 3. The van der Waals surface area contributed by atoms with Gasteiger partial charge in [-0.3, -0.25) is 0 Å². The molecule has 10 aromatic rings. The third-order valence-electron chi connectivity index (χ3n) is 9.23. The maximum Gasteiger partial charge on any atom is 0.135 e. The average Bonchev–Trinajstić information content (AvgIpc) is 3.78. The zero-order valence-corrected chi connectivity index (χ0v) is 25.0. The van der Waals surface area contributed by atoms with Crippen LogP contribution in [-0.4, -0.2) is 4.57 Å². The Morgan fingerprint density at radius 3 is 1.84 bits per heavy atom. The summed E-state index contributed by atoms with van der Waals surface area (Å²) in [4.78, 5) is 0. The highest BCUT2D eigenvalue weighted by atomic mass is 32.1. The van der Waals surface area contributed by atoms with Crippen molar-refractivity contribution in [2.75, 3.05) is 0 Å². The molecule has 0 fully saturated rings. The van der Waals surface area contributed by atoms with Crippen LogP contribution in [-0.2, 0) is 0 Å². The maximum atomic E-state index is 6.04. The molecule has 0 aliphatic carbocycles.